The standard InChI is InChI=1S/C39H42BrNS2/c1-4-6-8-10-13-26-17-21-28(22-18-26)39(29-23-19-27(20-24-29)14-11-9-7-5-2)31-16-12-15-30(31)36-34(39)35-38(43-36)37-32(41(35)3)25-33(40)42-37/h12,16-25H,4-11,13-15H2,1-3H3. The maximum atomic E-state index is 3.78. The average Bonchev–Trinajstić information content (AvgIpc) is 3.82. The van der Waals surface area contributed by atoms with Crippen LogP contribution >= 0.6 is 38.6 Å². The van der Waals surface area contributed by atoms with E-state index in [1.165, 1.54) is 132 Å². The van der Waals surface area contributed by atoms with Crippen LogP contribution < -0.4 is 0 Å². The van der Waals surface area contributed by atoms with E-state index in [1.807, 2.05) is 22.7 Å². The zero-order chi connectivity index (χ0) is 29.6. The monoisotopic (exact) mass is 667 g/mol. The van der Waals surface area contributed by atoms with Crippen LogP contribution in [0.3, 0.4) is 0 Å². The number of nitrogens with zero attached hydrogens (tertiary/aromatic N) is 1. The van der Waals surface area contributed by atoms with Gasteiger partial charge in [-0.25, -0.2) is 0 Å². The molecule has 1 nitrogen and oxygen atoms in total. The summed E-state index contributed by atoms with van der Waals surface area (Å²) in [5.41, 5.74) is 12.7. The van der Waals surface area contributed by atoms with Gasteiger partial charge < -0.3 is 4.57 Å². The predicted molar refractivity (Wildman–Crippen MR) is 193 cm³/mol. The maximum absolute atomic E-state index is 3.78. The van der Waals surface area contributed by atoms with Gasteiger partial charge in [-0.15, -0.1) is 22.7 Å². The van der Waals surface area contributed by atoms with Crippen molar-refractivity contribution in [2.45, 2.75) is 89.9 Å². The summed E-state index contributed by atoms with van der Waals surface area (Å²) < 4.78 is 6.55. The smallest absolute Gasteiger partial charge is 0.0739 e. The third kappa shape index (κ3) is 4.84. The van der Waals surface area contributed by atoms with Gasteiger partial charge in [-0.2, -0.15) is 0 Å². The number of aromatic nitrogens is 1. The first kappa shape index (κ1) is 29.3. The van der Waals surface area contributed by atoms with Gasteiger partial charge in [0.2, 0.25) is 0 Å². The van der Waals surface area contributed by atoms with Crippen molar-refractivity contribution in [2.24, 2.45) is 7.05 Å². The van der Waals surface area contributed by atoms with E-state index in [4.69, 9.17) is 0 Å². The van der Waals surface area contributed by atoms with E-state index in [-0.39, 0.29) is 5.41 Å². The number of hydrogen-bond acceptors (Lipinski definition) is 2. The molecule has 0 atom stereocenters. The Morgan fingerprint density at radius 1 is 0.767 bits per heavy atom. The van der Waals surface area contributed by atoms with Crippen LogP contribution in [0.25, 0.3) is 26.0 Å². The Kier molecular flexibility index (Phi) is 8.30. The molecule has 7 rings (SSSR count). The predicted octanol–water partition coefficient (Wildman–Crippen LogP) is 12.5. The van der Waals surface area contributed by atoms with Gasteiger partial charge in [-0.3, -0.25) is 0 Å². The Labute approximate surface area is 273 Å². The molecule has 0 N–H and O–H groups in total. The highest BCUT2D eigenvalue weighted by Gasteiger charge is 2.50. The molecule has 0 fully saturated rings. The van der Waals surface area contributed by atoms with Gasteiger partial charge in [0.25, 0.3) is 0 Å². The Balaban J connectivity index is 1.40. The van der Waals surface area contributed by atoms with Crippen molar-refractivity contribution in [3.63, 3.8) is 0 Å². The lowest BCUT2D eigenvalue weighted by Gasteiger charge is -2.34. The molecular weight excluding hydrogens is 626 g/mol. The first-order valence-corrected chi connectivity index (χ1v) is 18.8. The first-order chi connectivity index (χ1) is 21.1. The molecule has 2 aliphatic carbocycles. The van der Waals surface area contributed by atoms with Crippen molar-refractivity contribution in [1.29, 1.82) is 0 Å². The molecule has 2 aliphatic rings. The highest BCUT2D eigenvalue weighted by molar-refractivity contribution is 9.11. The summed E-state index contributed by atoms with van der Waals surface area (Å²) in [6.07, 6.45) is 18.7. The fourth-order valence-corrected chi connectivity index (χ4v) is 10.9. The lowest BCUT2D eigenvalue weighted by atomic mass is 9.67. The lowest BCUT2D eigenvalue weighted by Crippen LogP contribution is -2.29. The molecule has 0 amide bonds. The second-order valence-electron chi connectivity index (χ2n) is 12.6. The quantitative estimate of drug-likeness (QED) is 0.117. The molecule has 0 bridgehead atoms. The van der Waals surface area contributed by atoms with Crippen molar-refractivity contribution in [1.82, 2.24) is 4.57 Å². The Morgan fingerprint density at radius 2 is 1.37 bits per heavy atom. The van der Waals surface area contributed by atoms with E-state index in [1.54, 1.807) is 0 Å². The molecule has 0 spiro atoms. The van der Waals surface area contributed by atoms with Crippen LogP contribution in [0.4, 0.5) is 0 Å². The number of benzene rings is 2. The minimum absolute atomic E-state index is 0.303. The molecule has 3 aromatic heterocycles. The fourth-order valence-electron chi connectivity index (χ4n) is 7.67. The molecule has 0 saturated carbocycles. The summed E-state index contributed by atoms with van der Waals surface area (Å²) in [6, 6.07) is 21.8. The minimum Gasteiger partial charge on any atom is -0.342 e. The lowest BCUT2D eigenvalue weighted by molar-refractivity contribution is 0.666. The van der Waals surface area contributed by atoms with Gasteiger partial charge in [-0.05, 0) is 87.5 Å². The van der Waals surface area contributed by atoms with E-state index in [9.17, 15) is 0 Å². The largest absolute Gasteiger partial charge is 0.342 e. The van der Waals surface area contributed by atoms with Crippen LogP contribution in [0.5, 0.6) is 0 Å². The van der Waals surface area contributed by atoms with E-state index < -0.39 is 0 Å². The van der Waals surface area contributed by atoms with Crippen molar-refractivity contribution >= 4 is 64.6 Å². The van der Waals surface area contributed by atoms with E-state index >= 15 is 0 Å². The van der Waals surface area contributed by atoms with E-state index in [2.05, 4.69) is 108 Å². The van der Waals surface area contributed by atoms with Crippen molar-refractivity contribution < 1.29 is 0 Å². The Morgan fingerprint density at radius 3 is 1.95 bits per heavy atom. The number of fused-ring (bicyclic) bond motifs is 6. The Hall–Kier alpha value is -2.40. The van der Waals surface area contributed by atoms with Crippen LogP contribution in [0, 0.1) is 0 Å². The molecule has 0 unspecified atom stereocenters. The first-order valence-electron chi connectivity index (χ1n) is 16.4. The van der Waals surface area contributed by atoms with Crippen LogP contribution in [-0.2, 0) is 25.3 Å². The van der Waals surface area contributed by atoms with Crippen LogP contribution in [0.15, 0.2) is 76.1 Å². The normalized spacial score (nSPS) is 15.3. The topological polar surface area (TPSA) is 4.93 Å². The molecule has 0 radical (unpaired) electrons. The van der Waals surface area contributed by atoms with Gasteiger partial charge in [0.05, 0.1) is 29.6 Å². The fraction of sp³-hybridized carbons (Fsp3) is 0.385. The summed E-state index contributed by atoms with van der Waals surface area (Å²) in [5.74, 6) is 0. The molecule has 43 heavy (non-hydrogen) atoms. The number of rotatable bonds is 12. The number of unbranched alkanes of at least 4 members (excludes halogenated alkanes) is 6. The highest BCUT2D eigenvalue weighted by Crippen LogP contribution is 2.63. The molecule has 0 saturated heterocycles. The summed E-state index contributed by atoms with van der Waals surface area (Å²) in [4.78, 5) is 1.50. The van der Waals surface area contributed by atoms with Gasteiger partial charge in [-0.1, -0.05) is 113 Å². The number of thiophene rings is 2. The van der Waals surface area contributed by atoms with Crippen LogP contribution in [-0.4, -0.2) is 4.57 Å². The van der Waals surface area contributed by atoms with E-state index in [0.717, 1.165) is 6.42 Å². The maximum Gasteiger partial charge on any atom is 0.0739 e. The SMILES string of the molecule is CCCCCCc1ccc(C2(c3ccc(CCCCCC)cc3)C3=C(CC=C3)c3sc4c5sc(Br)cc5n(C)c4c32)cc1. The molecule has 3 heterocycles. The average molecular weight is 669 g/mol. The molecule has 5 aromatic rings. The van der Waals surface area contributed by atoms with Gasteiger partial charge in [0, 0.05) is 17.5 Å². The molecule has 4 heteroatoms. The van der Waals surface area contributed by atoms with E-state index in [0.29, 0.717) is 0 Å². The Bertz CT molecular complexity index is 1770. The third-order valence-corrected chi connectivity index (χ3v) is 12.9. The number of halogens is 1. The number of hydrogen-bond donors (Lipinski definition) is 0. The highest BCUT2D eigenvalue weighted by atomic mass is 79.9. The van der Waals surface area contributed by atoms with Crippen LogP contribution in [0.1, 0.15) is 104 Å². The van der Waals surface area contributed by atoms with Gasteiger partial charge in [0.1, 0.15) is 0 Å². The zero-order valence-corrected chi connectivity index (χ0v) is 29.0. The number of allylic oxidation sites excluding steroid dienone is 4. The number of aryl methyl sites for hydroxylation is 3. The third-order valence-electron chi connectivity index (χ3n) is 9.87. The van der Waals surface area contributed by atoms with Crippen molar-refractivity contribution in [2.75, 3.05) is 0 Å². The summed E-state index contributed by atoms with van der Waals surface area (Å²) in [7, 11) is 2.28. The second-order valence-corrected chi connectivity index (χ2v) is 16.0. The molecule has 222 valence electrons. The van der Waals surface area contributed by atoms with Gasteiger partial charge in [0.15, 0.2) is 0 Å². The second kappa shape index (κ2) is 12.2. The van der Waals surface area contributed by atoms with Crippen molar-refractivity contribution in [3.05, 3.63) is 109 Å². The van der Waals surface area contributed by atoms with Crippen molar-refractivity contribution in [3.8, 4) is 0 Å². The summed E-state index contributed by atoms with van der Waals surface area (Å²) >= 11 is 7.68. The zero-order valence-electron chi connectivity index (χ0n) is 25.8. The molecular formula is C39H42BrNS2. The molecule has 2 aromatic carbocycles. The summed E-state index contributed by atoms with van der Waals surface area (Å²) in [5, 5.41) is 0. The molecule has 0 aliphatic heterocycles. The van der Waals surface area contributed by atoms with Gasteiger partial charge >= 0.3 is 0 Å². The summed E-state index contributed by atoms with van der Waals surface area (Å²) in [6.45, 7) is 4.58. The minimum atomic E-state index is -0.303. The van der Waals surface area contributed by atoms with Crippen LogP contribution in [0.2, 0.25) is 0 Å².